The van der Waals surface area contributed by atoms with Gasteiger partial charge in [0.2, 0.25) is 0 Å². The molecule has 7 nitrogen and oxygen atoms in total. The SMILES string of the molecule is C=CCOc1ccc(CN(CC2CCCO2)C(=O)c2ccc(OC)c(OCC)c2)cc1OC. The number of nitrogens with zero attached hydrogens (tertiary/aromatic N) is 1. The van der Waals surface area contributed by atoms with E-state index in [0.29, 0.717) is 54.9 Å². The standard InChI is InChI=1S/C26H33NO6/c1-5-13-33-23-11-9-19(15-24(23)30-4)17-27(18-21-8-7-14-32-21)26(28)20-10-12-22(29-3)25(16-20)31-6-2/h5,9-12,15-16,21H,1,6-8,13-14,17-18H2,2-4H3. The first-order valence-corrected chi connectivity index (χ1v) is 11.2. The van der Waals surface area contributed by atoms with Crippen LogP contribution >= 0.6 is 0 Å². The van der Waals surface area contributed by atoms with E-state index in [1.54, 1.807) is 38.5 Å². The van der Waals surface area contributed by atoms with E-state index in [1.807, 2.05) is 30.0 Å². The molecule has 0 aromatic heterocycles. The van der Waals surface area contributed by atoms with Crippen LogP contribution in [-0.4, -0.2) is 57.5 Å². The van der Waals surface area contributed by atoms with E-state index < -0.39 is 0 Å². The number of ether oxygens (including phenoxy) is 5. The van der Waals surface area contributed by atoms with Gasteiger partial charge < -0.3 is 28.6 Å². The van der Waals surface area contributed by atoms with Crippen LogP contribution in [0.25, 0.3) is 0 Å². The van der Waals surface area contributed by atoms with Gasteiger partial charge >= 0.3 is 0 Å². The monoisotopic (exact) mass is 455 g/mol. The Morgan fingerprint density at radius 2 is 1.88 bits per heavy atom. The Hall–Kier alpha value is -3.19. The van der Waals surface area contributed by atoms with E-state index in [9.17, 15) is 4.79 Å². The Balaban J connectivity index is 1.86. The maximum atomic E-state index is 13.6. The third kappa shape index (κ3) is 6.42. The maximum Gasteiger partial charge on any atom is 0.254 e. The predicted molar refractivity (Wildman–Crippen MR) is 127 cm³/mol. The van der Waals surface area contributed by atoms with Gasteiger partial charge in [-0.1, -0.05) is 18.7 Å². The Bertz CT molecular complexity index is 938. The van der Waals surface area contributed by atoms with Crippen molar-refractivity contribution in [2.24, 2.45) is 0 Å². The van der Waals surface area contributed by atoms with Gasteiger partial charge in [-0.05, 0) is 55.7 Å². The van der Waals surface area contributed by atoms with Crippen LogP contribution in [0.4, 0.5) is 0 Å². The molecule has 1 atom stereocenters. The summed E-state index contributed by atoms with van der Waals surface area (Å²) in [4.78, 5) is 15.4. The molecular formula is C26H33NO6. The summed E-state index contributed by atoms with van der Waals surface area (Å²) < 4.78 is 28.0. The van der Waals surface area contributed by atoms with E-state index >= 15 is 0 Å². The average Bonchev–Trinajstić information content (AvgIpc) is 3.35. The number of carbonyl (C=O) groups excluding carboxylic acids is 1. The van der Waals surface area contributed by atoms with Gasteiger partial charge in [-0.3, -0.25) is 4.79 Å². The molecule has 33 heavy (non-hydrogen) atoms. The van der Waals surface area contributed by atoms with Crippen molar-refractivity contribution in [1.29, 1.82) is 0 Å². The molecule has 2 aromatic carbocycles. The minimum absolute atomic E-state index is 0.0238. The van der Waals surface area contributed by atoms with Crippen molar-refractivity contribution in [2.75, 3.05) is 40.6 Å². The van der Waals surface area contributed by atoms with Gasteiger partial charge in [0.15, 0.2) is 23.0 Å². The van der Waals surface area contributed by atoms with Gasteiger partial charge in [0, 0.05) is 25.3 Å². The number of benzene rings is 2. The van der Waals surface area contributed by atoms with Crippen LogP contribution in [0, 0.1) is 0 Å². The Labute approximate surface area is 195 Å². The minimum atomic E-state index is -0.0972. The normalized spacial score (nSPS) is 15.1. The second kappa shape index (κ2) is 12.2. The number of hydrogen-bond acceptors (Lipinski definition) is 6. The largest absolute Gasteiger partial charge is 0.493 e. The molecule has 0 N–H and O–H groups in total. The number of methoxy groups -OCH3 is 2. The molecule has 1 aliphatic heterocycles. The van der Waals surface area contributed by atoms with Gasteiger partial charge in [-0.2, -0.15) is 0 Å². The fourth-order valence-corrected chi connectivity index (χ4v) is 3.81. The number of rotatable bonds is 12. The molecule has 0 spiro atoms. The highest BCUT2D eigenvalue weighted by Crippen LogP contribution is 2.31. The Morgan fingerprint density at radius 3 is 2.55 bits per heavy atom. The van der Waals surface area contributed by atoms with Crippen molar-refractivity contribution >= 4 is 5.91 Å². The lowest BCUT2D eigenvalue weighted by Gasteiger charge is -2.26. The third-order valence-electron chi connectivity index (χ3n) is 5.40. The molecule has 1 unspecified atom stereocenters. The summed E-state index contributed by atoms with van der Waals surface area (Å²) in [6, 6.07) is 11.0. The second-order valence-electron chi connectivity index (χ2n) is 7.70. The predicted octanol–water partition coefficient (Wildman–Crippen LogP) is 4.49. The zero-order valence-electron chi connectivity index (χ0n) is 19.7. The lowest BCUT2D eigenvalue weighted by atomic mass is 10.1. The van der Waals surface area contributed by atoms with Gasteiger partial charge in [0.25, 0.3) is 5.91 Å². The van der Waals surface area contributed by atoms with Crippen LogP contribution in [0.5, 0.6) is 23.0 Å². The molecule has 1 saturated heterocycles. The molecule has 0 aliphatic carbocycles. The first-order valence-electron chi connectivity index (χ1n) is 11.2. The summed E-state index contributed by atoms with van der Waals surface area (Å²) >= 11 is 0. The molecule has 0 bridgehead atoms. The van der Waals surface area contributed by atoms with Gasteiger partial charge in [-0.15, -0.1) is 0 Å². The smallest absolute Gasteiger partial charge is 0.254 e. The summed E-state index contributed by atoms with van der Waals surface area (Å²) in [5.41, 5.74) is 1.47. The molecule has 2 aromatic rings. The van der Waals surface area contributed by atoms with E-state index in [0.717, 1.165) is 25.0 Å². The summed E-state index contributed by atoms with van der Waals surface area (Å²) in [5, 5.41) is 0. The molecule has 178 valence electrons. The van der Waals surface area contributed by atoms with Crippen molar-refractivity contribution in [1.82, 2.24) is 4.90 Å². The fraction of sp³-hybridized carbons (Fsp3) is 0.423. The van der Waals surface area contributed by atoms with Crippen molar-refractivity contribution in [2.45, 2.75) is 32.4 Å². The second-order valence-corrected chi connectivity index (χ2v) is 7.70. The summed E-state index contributed by atoms with van der Waals surface area (Å²) in [5.74, 6) is 2.30. The summed E-state index contributed by atoms with van der Waals surface area (Å²) in [7, 11) is 3.18. The average molecular weight is 456 g/mol. The molecule has 1 aliphatic rings. The first kappa shape index (κ1) is 24.5. The summed E-state index contributed by atoms with van der Waals surface area (Å²) in [6.45, 7) is 8.08. The minimum Gasteiger partial charge on any atom is -0.493 e. The van der Waals surface area contributed by atoms with Crippen LogP contribution < -0.4 is 18.9 Å². The van der Waals surface area contributed by atoms with Crippen LogP contribution in [-0.2, 0) is 11.3 Å². The highest BCUT2D eigenvalue weighted by atomic mass is 16.5. The lowest BCUT2D eigenvalue weighted by molar-refractivity contribution is 0.0506. The number of carbonyl (C=O) groups is 1. The molecular weight excluding hydrogens is 422 g/mol. The quantitative estimate of drug-likeness (QED) is 0.440. The Morgan fingerprint density at radius 1 is 1.09 bits per heavy atom. The highest BCUT2D eigenvalue weighted by molar-refractivity contribution is 5.95. The zero-order chi connectivity index (χ0) is 23.6. The number of hydrogen-bond donors (Lipinski definition) is 0. The molecule has 1 heterocycles. The first-order chi connectivity index (χ1) is 16.1. The highest BCUT2D eigenvalue weighted by Gasteiger charge is 2.25. The molecule has 1 amide bonds. The summed E-state index contributed by atoms with van der Waals surface area (Å²) in [6.07, 6.45) is 3.65. The van der Waals surface area contributed by atoms with Crippen LogP contribution in [0.2, 0.25) is 0 Å². The van der Waals surface area contributed by atoms with E-state index in [1.165, 1.54) is 0 Å². The van der Waals surface area contributed by atoms with E-state index in [4.69, 9.17) is 23.7 Å². The van der Waals surface area contributed by atoms with Crippen molar-refractivity contribution < 1.29 is 28.5 Å². The van der Waals surface area contributed by atoms with Crippen LogP contribution in [0.1, 0.15) is 35.7 Å². The number of amides is 1. The van der Waals surface area contributed by atoms with Crippen molar-refractivity contribution in [3.8, 4) is 23.0 Å². The zero-order valence-corrected chi connectivity index (χ0v) is 19.7. The van der Waals surface area contributed by atoms with Gasteiger partial charge in [0.1, 0.15) is 6.61 Å². The molecule has 1 fully saturated rings. The van der Waals surface area contributed by atoms with Gasteiger partial charge in [0.05, 0.1) is 26.9 Å². The molecule has 7 heteroatoms. The van der Waals surface area contributed by atoms with E-state index in [2.05, 4.69) is 6.58 Å². The van der Waals surface area contributed by atoms with E-state index in [-0.39, 0.29) is 12.0 Å². The fourth-order valence-electron chi connectivity index (χ4n) is 3.81. The third-order valence-corrected chi connectivity index (χ3v) is 5.40. The molecule has 3 rings (SSSR count). The topological polar surface area (TPSA) is 66.5 Å². The van der Waals surface area contributed by atoms with Crippen molar-refractivity contribution in [3.63, 3.8) is 0 Å². The Kier molecular flexibility index (Phi) is 9.01. The lowest BCUT2D eigenvalue weighted by Crippen LogP contribution is -2.37. The van der Waals surface area contributed by atoms with Crippen LogP contribution in [0.3, 0.4) is 0 Å². The molecule has 0 saturated carbocycles. The van der Waals surface area contributed by atoms with Crippen molar-refractivity contribution in [3.05, 3.63) is 60.2 Å². The van der Waals surface area contributed by atoms with Gasteiger partial charge in [-0.25, -0.2) is 0 Å². The maximum absolute atomic E-state index is 13.6. The van der Waals surface area contributed by atoms with Crippen LogP contribution in [0.15, 0.2) is 49.1 Å². The molecule has 0 radical (unpaired) electrons.